The van der Waals surface area contributed by atoms with E-state index in [9.17, 15) is 4.57 Å². The summed E-state index contributed by atoms with van der Waals surface area (Å²) in [6.45, 7) is 0. The molecule has 0 aliphatic carbocycles. The van der Waals surface area contributed by atoms with E-state index < -0.39 is 7.14 Å². The smallest absolute Gasteiger partial charge is 0.171 e. The van der Waals surface area contributed by atoms with Gasteiger partial charge in [0.25, 0.3) is 0 Å². The fourth-order valence-corrected chi connectivity index (χ4v) is 7.99. The Morgan fingerprint density at radius 3 is 1.94 bits per heavy atom. The molecule has 172 valence electrons. The van der Waals surface area contributed by atoms with Crippen molar-refractivity contribution < 1.29 is 8.98 Å². The average Bonchev–Trinajstić information content (AvgIpc) is 3.56. The van der Waals surface area contributed by atoms with Crippen molar-refractivity contribution in [3.05, 3.63) is 134 Å². The predicted molar refractivity (Wildman–Crippen MR) is 150 cm³/mol. The monoisotopic (exact) mass is 483 g/mol. The predicted octanol–water partition coefficient (Wildman–Crippen LogP) is 7.17. The van der Waals surface area contributed by atoms with Crippen molar-refractivity contribution in [2.24, 2.45) is 0 Å². The lowest BCUT2D eigenvalue weighted by Gasteiger charge is -2.20. The van der Waals surface area contributed by atoms with Gasteiger partial charge < -0.3 is 13.5 Å². The molecule has 7 aromatic rings. The third kappa shape index (κ3) is 3.03. The van der Waals surface area contributed by atoms with Crippen molar-refractivity contribution in [3.8, 4) is 5.69 Å². The van der Waals surface area contributed by atoms with E-state index in [1.165, 1.54) is 0 Å². The van der Waals surface area contributed by atoms with Crippen LogP contribution in [0.2, 0.25) is 0 Å². The van der Waals surface area contributed by atoms with Gasteiger partial charge in [0.2, 0.25) is 0 Å². The zero-order valence-corrected chi connectivity index (χ0v) is 20.3. The molecule has 0 aliphatic rings. The van der Waals surface area contributed by atoms with Crippen LogP contribution in [-0.4, -0.2) is 4.57 Å². The molecular weight excluding hydrogens is 461 g/mol. The average molecular weight is 484 g/mol. The number of furan rings is 1. The van der Waals surface area contributed by atoms with Gasteiger partial charge in [0.15, 0.2) is 7.14 Å². The van der Waals surface area contributed by atoms with E-state index in [1.54, 1.807) is 6.26 Å². The van der Waals surface area contributed by atoms with Crippen LogP contribution >= 0.6 is 7.14 Å². The molecule has 3 nitrogen and oxygen atoms in total. The van der Waals surface area contributed by atoms with Crippen LogP contribution in [-0.2, 0) is 4.57 Å². The summed E-state index contributed by atoms with van der Waals surface area (Å²) >= 11 is 0. The molecule has 0 fully saturated rings. The second kappa shape index (κ2) is 8.12. The molecule has 0 N–H and O–H groups in total. The molecule has 2 heterocycles. The normalized spacial score (nSPS) is 12.0. The molecule has 5 aromatic carbocycles. The molecule has 0 amide bonds. The van der Waals surface area contributed by atoms with Gasteiger partial charge >= 0.3 is 0 Å². The molecule has 0 spiro atoms. The zero-order valence-electron chi connectivity index (χ0n) is 19.4. The van der Waals surface area contributed by atoms with E-state index in [4.69, 9.17) is 4.42 Å². The van der Waals surface area contributed by atoms with E-state index in [2.05, 4.69) is 47.0 Å². The third-order valence-corrected chi connectivity index (χ3v) is 10.0. The number of hydrogen-bond acceptors (Lipinski definition) is 2. The zero-order chi connectivity index (χ0) is 24.1. The number of rotatable bonds is 4. The van der Waals surface area contributed by atoms with E-state index in [0.717, 1.165) is 54.4 Å². The Balaban J connectivity index is 1.55. The highest BCUT2D eigenvalue weighted by molar-refractivity contribution is 7.85. The Kier molecular flexibility index (Phi) is 4.73. The van der Waals surface area contributed by atoms with E-state index in [1.807, 2.05) is 84.9 Å². The first-order valence-electron chi connectivity index (χ1n) is 12.0. The highest BCUT2D eigenvalue weighted by Gasteiger charge is 2.30. The maximum atomic E-state index is 15.0. The number of fused-ring (bicyclic) bond motifs is 4. The number of aromatic nitrogens is 1. The maximum Gasteiger partial charge on any atom is 0.171 e. The van der Waals surface area contributed by atoms with Crippen LogP contribution in [0.15, 0.2) is 138 Å². The van der Waals surface area contributed by atoms with Gasteiger partial charge in [0, 0.05) is 32.1 Å². The number of benzene rings is 5. The van der Waals surface area contributed by atoms with Crippen LogP contribution in [0, 0.1) is 0 Å². The van der Waals surface area contributed by atoms with Gasteiger partial charge in [-0.2, -0.15) is 0 Å². The minimum absolute atomic E-state index is 0.830. The summed E-state index contributed by atoms with van der Waals surface area (Å²) < 4.78 is 23.0. The van der Waals surface area contributed by atoms with Crippen LogP contribution in [0.4, 0.5) is 0 Å². The van der Waals surface area contributed by atoms with Crippen LogP contribution in [0.1, 0.15) is 0 Å². The van der Waals surface area contributed by atoms with Gasteiger partial charge in [-0.05, 0) is 42.5 Å². The van der Waals surface area contributed by atoms with Gasteiger partial charge in [-0.15, -0.1) is 0 Å². The quantitative estimate of drug-likeness (QED) is 0.249. The SMILES string of the molecule is O=P(c1ccccc1)(c1ccccc1)c1ccc2c(c1)c1ccccc1n2-c1cccc2occc12. The summed E-state index contributed by atoms with van der Waals surface area (Å²) in [5.74, 6) is 0. The molecule has 36 heavy (non-hydrogen) atoms. The second-order valence-corrected chi connectivity index (χ2v) is 11.7. The Hall–Kier alpha value is -4.33. The van der Waals surface area contributed by atoms with E-state index in [0.29, 0.717) is 0 Å². The first-order valence-corrected chi connectivity index (χ1v) is 13.7. The minimum atomic E-state index is -3.08. The van der Waals surface area contributed by atoms with Crippen LogP contribution in [0.3, 0.4) is 0 Å². The summed E-state index contributed by atoms with van der Waals surface area (Å²) in [6, 6.07) is 42.5. The molecule has 0 radical (unpaired) electrons. The van der Waals surface area contributed by atoms with Gasteiger partial charge in [-0.3, -0.25) is 0 Å². The van der Waals surface area contributed by atoms with Gasteiger partial charge in [0.1, 0.15) is 5.58 Å². The van der Waals surface area contributed by atoms with Crippen LogP contribution in [0.5, 0.6) is 0 Å². The van der Waals surface area contributed by atoms with Crippen molar-refractivity contribution >= 4 is 55.8 Å². The van der Waals surface area contributed by atoms with E-state index in [-0.39, 0.29) is 0 Å². The second-order valence-electron chi connectivity index (χ2n) is 8.94. The molecule has 0 aliphatic heterocycles. The number of para-hydroxylation sites is 1. The molecule has 0 atom stereocenters. The van der Waals surface area contributed by atoms with Crippen molar-refractivity contribution in [2.45, 2.75) is 0 Å². The Morgan fingerprint density at radius 2 is 1.19 bits per heavy atom. The molecule has 0 saturated carbocycles. The van der Waals surface area contributed by atoms with Crippen molar-refractivity contribution in [1.29, 1.82) is 0 Å². The first-order chi connectivity index (χ1) is 17.7. The topological polar surface area (TPSA) is 35.1 Å². The molecule has 0 saturated heterocycles. The fraction of sp³-hybridized carbons (Fsp3) is 0. The minimum Gasteiger partial charge on any atom is -0.464 e. The van der Waals surface area contributed by atoms with Gasteiger partial charge in [-0.1, -0.05) is 84.9 Å². The summed E-state index contributed by atoms with van der Waals surface area (Å²) in [6.07, 6.45) is 1.73. The summed E-state index contributed by atoms with van der Waals surface area (Å²) in [5.41, 5.74) is 4.09. The fourth-order valence-electron chi connectivity index (χ4n) is 5.31. The molecule has 7 rings (SSSR count). The number of hydrogen-bond donors (Lipinski definition) is 0. The first kappa shape index (κ1) is 21.0. The Bertz CT molecular complexity index is 1870. The Morgan fingerprint density at radius 1 is 0.528 bits per heavy atom. The van der Waals surface area contributed by atoms with Crippen molar-refractivity contribution in [1.82, 2.24) is 4.57 Å². The summed E-state index contributed by atoms with van der Waals surface area (Å²) in [5, 5.41) is 5.77. The molecular formula is C32H22NO2P. The summed E-state index contributed by atoms with van der Waals surface area (Å²) in [7, 11) is -3.08. The van der Waals surface area contributed by atoms with Crippen molar-refractivity contribution in [3.63, 3.8) is 0 Å². The lowest BCUT2D eigenvalue weighted by molar-refractivity contribution is 0.592. The maximum absolute atomic E-state index is 15.0. The van der Waals surface area contributed by atoms with Crippen LogP contribution in [0.25, 0.3) is 38.5 Å². The Labute approximate surface area is 208 Å². The molecule has 4 heteroatoms. The summed E-state index contributed by atoms with van der Waals surface area (Å²) in [4.78, 5) is 0. The molecule has 2 aromatic heterocycles. The van der Waals surface area contributed by atoms with Gasteiger partial charge in [-0.25, -0.2) is 0 Å². The molecule has 0 unspecified atom stereocenters. The van der Waals surface area contributed by atoms with Crippen molar-refractivity contribution in [2.75, 3.05) is 0 Å². The number of nitrogens with zero attached hydrogens (tertiary/aromatic N) is 1. The standard InChI is InChI=1S/C32H22NO2P/c34-36(23-10-3-1-4-11-23,24-12-5-2-6-13-24)25-18-19-31-28(22-25)26-14-7-8-15-29(26)33(31)30-16-9-17-32-27(30)20-21-35-32/h1-22H. The lowest BCUT2D eigenvalue weighted by Crippen LogP contribution is -2.24. The molecule has 0 bridgehead atoms. The van der Waals surface area contributed by atoms with E-state index >= 15 is 0 Å². The van der Waals surface area contributed by atoms with Gasteiger partial charge in [0.05, 0.1) is 23.0 Å². The van der Waals surface area contributed by atoms with Crippen LogP contribution < -0.4 is 15.9 Å². The largest absolute Gasteiger partial charge is 0.464 e. The highest BCUT2D eigenvalue weighted by Crippen LogP contribution is 2.44. The lowest BCUT2D eigenvalue weighted by atomic mass is 10.1. The third-order valence-electron chi connectivity index (χ3n) is 6.97. The highest BCUT2D eigenvalue weighted by atomic mass is 31.2.